The molecule has 8 heteroatoms. The molecule has 1 aromatic carbocycles. The number of carbonyl (C=O) groups is 1. The molecular formula is C10H8N2O5S. The van der Waals surface area contributed by atoms with Crippen molar-refractivity contribution in [2.45, 2.75) is 0 Å². The summed E-state index contributed by atoms with van der Waals surface area (Å²) in [4.78, 5) is 11.6. The first-order valence-electron chi connectivity index (χ1n) is 4.72. The van der Waals surface area contributed by atoms with E-state index in [4.69, 9.17) is 15.6 Å². The summed E-state index contributed by atoms with van der Waals surface area (Å²) in [5.74, 6) is -0.986. The van der Waals surface area contributed by atoms with Gasteiger partial charge >= 0.3 is 5.97 Å². The fraction of sp³-hybridized carbons (Fsp3) is 0. The molecule has 3 N–H and O–H groups in total. The summed E-state index contributed by atoms with van der Waals surface area (Å²) in [6.07, 6.45) is 0.917. The number of hydrogen-bond donors (Lipinski definition) is 2. The summed E-state index contributed by atoms with van der Waals surface area (Å²) in [6.45, 7) is 0. The average molecular weight is 268 g/mol. The Bertz CT molecular complexity index is 675. The van der Waals surface area contributed by atoms with Crippen LogP contribution in [0.1, 0.15) is 0 Å². The maximum atomic E-state index is 11.6. The second kappa shape index (κ2) is 4.15. The highest BCUT2D eigenvalue weighted by atomic mass is 32.2. The lowest BCUT2D eigenvalue weighted by Crippen LogP contribution is -2.17. The van der Waals surface area contributed by atoms with Gasteiger partial charge in [-0.3, -0.25) is 0 Å². The van der Waals surface area contributed by atoms with Gasteiger partial charge in [0.1, 0.15) is 11.5 Å². The molecule has 0 bridgehead atoms. The minimum Gasteiger partial charge on any atom is -0.508 e. The van der Waals surface area contributed by atoms with Crippen LogP contribution in [0.15, 0.2) is 39.8 Å². The van der Waals surface area contributed by atoms with Gasteiger partial charge in [-0.2, -0.15) is 12.8 Å². The van der Waals surface area contributed by atoms with Crippen LogP contribution in [0.4, 0.5) is 0 Å². The number of rotatable bonds is 2. The van der Waals surface area contributed by atoms with Gasteiger partial charge in [0.2, 0.25) is 0 Å². The standard InChI is InChI=1S/C10H8N2O5S/c11-9-5-8(12-18(9,15)16)10(14)17-7-3-1-2-6(13)4-7/h1-5,13H,11H2. The third-order valence-electron chi connectivity index (χ3n) is 2.03. The fourth-order valence-electron chi connectivity index (χ4n) is 1.22. The van der Waals surface area contributed by atoms with Crippen molar-refractivity contribution < 1.29 is 23.1 Å². The van der Waals surface area contributed by atoms with Gasteiger partial charge in [-0.1, -0.05) is 6.07 Å². The van der Waals surface area contributed by atoms with Crippen LogP contribution in [0.25, 0.3) is 0 Å². The van der Waals surface area contributed by atoms with Gasteiger partial charge in [-0.05, 0) is 12.1 Å². The summed E-state index contributed by atoms with van der Waals surface area (Å²) in [5.41, 5.74) is 4.76. The Morgan fingerprint density at radius 3 is 2.67 bits per heavy atom. The van der Waals surface area contributed by atoms with Crippen molar-refractivity contribution in [3.63, 3.8) is 0 Å². The summed E-state index contributed by atoms with van der Waals surface area (Å²) in [6, 6.07) is 5.49. The van der Waals surface area contributed by atoms with E-state index in [9.17, 15) is 13.2 Å². The number of ether oxygens (including phenoxy) is 1. The highest BCUT2D eigenvalue weighted by Gasteiger charge is 2.27. The number of sulfonamides is 1. The molecule has 0 atom stereocenters. The molecule has 0 aromatic heterocycles. The minimum atomic E-state index is -3.94. The Kier molecular flexibility index (Phi) is 2.79. The maximum Gasteiger partial charge on any atom is 0.363 e. The third kappa shape index (κ3) is 2.33. The van der Waals surface area contributed by atoms with E-state index in [-0.39, 0.29) is 11.5 Å². The van der Waals surface area contributed by atoms with Crippen molar-refractivity contribution in [1.29, 1.82) is 0 Å². The second-order valence-electron chi connectivity index (χ2n) is 3.39. The minimum absolute atomic E-state index is 0.0685. The number of phenolic OH excluding ortho intramolecular Hbond substituents is 1. The topological polar surface area (TPSA) is 119 Å². The predicted molar refractivity (Wildman–Crippen MR) is 62.4 cm³/mol. The molecule has 0 spiro atoms. The van der Waals surface area contributed by atoms with Gasteiger partial charge in [0.25, 0.3) is 10.0 Å². The number of esters is 1. The van der Waals surface area contributed by atoms with E-state index >= 15 is 0 Å². The summed E-state index contributed by atoms with van der Waals surface area (Å²) < 4.78 is 30.3. The van der Waals surface area contributed by atoms with Crippen LogP contribution in [0.3, 0.4) is 0 Å². The first-order valence-corrected chi connectivity index (χ1v) is 6.16. The van der Waals surface area contributed by atoms with E-state index in [1.807, 2.05) is 0 Å². The molecule has 1 aliphatic heterocycles. The molecule has 2 rings (SSSR count). The number of hydrogen-bond acceptors (Lipinski definition) is 6. The molecule has 0 unspecified atom stereocenters. The van der Waals surface area contributed by atoms with Gasteiger partial charge in [0.05, 0.1) is 0 Å². The van der Waals surface area contributed by atoms with Gasteiger partial charge in [0.15, 0.2) is 10.7 Å². The quantitative estimate of drug-likeness (QED) is 0.570. The summed E-state index contributed by atoms with van der Waals surface area (Å²) in [7, 11) is -3.94. The van der Waals surface area contributed by atoms with Gasteiger partial charge in [-0.25, -0.2) is 4.79 Å². The summed E-state index contributed by atoms with van der Waals surface area (Å²) in [5, 5.41) is 8.66. The van der Waals surface area contributed by atoms with Crippen LogP contribution >= 0.6 is 0 Å². The molecule has 1 aliphatic rings. The number of benzene rings is 1. The molecule has 94 valence electrons. The number of aromatic hydroxyl groups is 1. The van der Waals surface area contributed by atoms with E-state index in [2.05, 4.69) is 4.40 Å². The molecule has 0 saturated carbocycles. The lowest BCUT2D eigenvalue weighted by Gasteiger charge is -2.02. The highest BCUT2D eigenvalue weighted by molar-refractivity contribution is 7.94. The smallest absolute Gasteiger partial charge is 0.363 e. The Hall–Kier alpha value is -2.35. The molecule has 1 aromatic rings. The first kappa shape index (κ1) is 12.1. The second-order valence-corrected chi connectivity index (χ2v) is 4.99. The Morgan fingerprint density at radius 1 is 1.39 bits per heavy atom. The van der Waals surface area contributed by atoms with Crippen LogP contribution in [-0.4, -0.2) is 25.2 Å². The lowest BCUT2D eigenvalue weighted by molar-refractivity contribution is -0.126. The van der Waals surface area contributed by atoms with Crippen LogP contribution < -0.4 is 10.5 Å². The van der Waals surface area contributed by atoms with Crippen molar-refractivity contribution in [3.05, 3.63) is 35.4 Å². The van der Waals surface area contributed by atoms with Crippen LogP contribution in [-0.2, 0) is 14.8 Å². The van der Waals surface area contributed by atoms with Crippen molar-refractivity contribution >= 4 is 21.7 Å². The number of nitrogens with zero attached hydrogens (tertiary/aromatic N) is 1. The summed E-state index contributed by atoms with van der Waals surface area (Å²) >= 11 is 0. The molecular weight excluding hydrogens is 260 g/mol. The van der Waals surface area contributed by atoms with Crippen molar-refractivity contribution in [2.75, 3.05) is 0 Å². The normalized spacial score (nSPS) is 16.9. The maximum absolute atomic E-state index is 11.6. The zero-order valence-electron chi connectivity index (χ0n) is 8.90. The van der Waals surface area contributed by atoms with Crippen molar-refractivity contribution in [1.82, 2.24) is 0 Å². The molecule has 0 radical (unpaired) electrons. The van der Waals surface area contributed by atoms with E-state index in [0.717, 1.165) is 6.08 Å². The molecule has 0 amide bonds. The van der Waals surface area contributed by atoms with E-state index in [1.165, 1.54) is 24.3 Å². The Labute approximate surface area is 102 Å². The highest BCUT2D eigenvalue weighted by Crippen LogP contribution is 2.19. The van der Waals surface area contributed by atoms with E-state index < -0.39 is 26.7 Å². The largest absolute Gasteiger partial charge is 0.508 e. The van der Waals surface area contributed by atoms with Crippen LogP contribution in [0.5, 0.6) is 11.5 Å². The zero-order valence-corrected chi connectivity index (χ0v) is 9.72. The molecule has 18 heavy (non-hydrogen) atoms. The first-order chi connectivity index (χ1) is 8.38. The lowest BCUT2D eigenvalue weighted by atomic mass is 10.3. The fourth-order valence-corrected chi connectivity index (χ4v) is 1.97. The molecule has 7 nitrogen and oxygen atoms in total. The van der Waals surface area contributed by atoms with Gasteiger partial charge in [0, 0.05) is 12.1 Å². The zero-order chi connectivity index (χ0) is 13.3. The monoisotopic (exact) mass is 268 g/mol. The predicted octanol–water partition coefficient (Wildman–Crippen LogP) is -0.118. The van der Waals surface area contributed by atoms with Crippen LogP contribution in [0.2, 0.25) is 0 Å². The molecule has 0 fully saturated rings. The van der Waals surface area contributed by atoms with Crippen LogP contribution in [0, 0.1) is 0 Å². The average Bonchev–Trinajstić information content (AvgIpc) is 2.53. The molecule has 0 saturated heterocycles. The third-order valence-corrected chi connectivity index (χ3v) is 3.18. The molecule has 1 heterocycles. The van der Waals surface area contributed by atoms with Crippen molar-refractivity contribution in [2.24, 2.45) is 10.1 Å². The number of nitrogens with two attached hydrogens (primary N) is 1. The van der Waals surface area contributed by atoms with E-state index in [1.54, 1.807) is 0 Å². The number of phenols is 1. The SMILES string of the molecule is NC1=CC(C(=O)Oc2cccc(O)c2)=NS1(=O)=O. The van der Waals surface area contributed by atoms with Crippen molar-refractivity contribution in [3.8, 4) is 11.5 Å². The van der Waals surface area contributed by atoms with E-state index in [0.29, 0.717) is 0 Å². The van der Waals surface area contributed by atoms with Gasteiger partial charge in [-0.15, -0.1) is 0 Å². The number of carbonyl (C=O) groups excluding carboxylic acids is 1. The Morgan fingerprint density at radius 2 is 2.11 bits per heavy atom. The Balaban J connectivity index is 2.21. The molecule has 0 aliphatic carbocycles. The van der Waals surface area contributed by atoms with Gasteiger partial charge < -0.3 is 15.6 Å².